The van der Waals surface area contributed by atoms with Crippen LogP contribution in [0.25, 0.3) is 0 Å². The molecule has 1 aliphatic heterocycles. The maximum Gasteiger partial charge on any atom is 0.273 e. The standard InChI is InChI=1S/C19H28N4O3/c1-11(2)10-15(20)17(24)21-16-13-8-6-7-9-14(13)18(25)23(12(3)4)22(5)19(16)26/h6-9,11-12,15-16H,10,20H2,1-5H3,(H,21,24)/t15-,16?/m0/s1. The molecule has 0 aliphatic carbocycles. The van der Waals surface area contributed by atoms with Crippen molar-refractivity contribution in [3.63, 3.8) is 0 Å². The van der Waals surface area contributed by atoms with Crippen LogP contribution in [0.3, 0.4) is 0 Å². The molecular weight excluding hydrogens is 332 g/mol. The van der Waals surface area contributed by atoms with Crippen molar-refractivity contribution in [3.05, 3.63) is 35.4 Å². The lowest BCUT2D eigenvalue weighted by molar-refractivity contribution is -0.147. The van der Waals surface area contributed by atoms with E-state index in [0.717, 1.165) is 0 Å². The predicted molar refractivity (Wildman–Crippen MR) is 98.8 cm³/mol. The van der Waals surface area contributed by atoms with Crippen LogP contribution < -0.4 is 11.1 Å². The predicted octanol–water partition coefficient (Wildman–Crippen LogP) is 1.45. The number of amides is 3. The number of benzene rings is 1. The third kappa shape index (κ3) is 3.88. The monoisotopic (exact) mass is 360 g/mol. The summed E-state index contributed by atoms with van der Waals surface area (Å²) < 4.78 is 0. The molecule has 2 rings (SSSR count). The maximum atomic E-state index is 13.0. The zero-order chi connectivity index (χ0) is 19.6. The summed E-state index contributed by atoms with van der Waals surface area (Å²) in [5, 5.41) is 5.43. The lowest BCUT2D eigenvalue weighted by Crippen LogP contribution is -2.53. The number of hydrazine groups is 1. The maximum absolute atomic E-state index is 13.0. The highest BCUT2D eigenvalue weighted by molar-refractivity contribution is 6.02. The van der Waals surface area contributed by atoms with Gasteiger partial charge in [-0.05, 0) is 37.8 Å². The van der Waals surface area contributed by atoms with Crippen LogP contribution in [0.15, 0.2) is 24.3 Å². The van der Waals surface area contributed by atoms with E-state index in [2.05, 4.69) is 5.32 Å². The molecule has 142 valence electrons. The molecule has 3 amide bonds. The first-order chi connectivity index (χ1) is 12.1. The number of nitrogens with zero attached hydrogens (tertiary/aromatic N) is 2. The minimum atomic E-state index is -0.949. The van der Waals surface area contributed by atoms with Crippen LogP contribution in [-0.2, 0) is 9.59 Å². The van der Waals surface area contributed by atoms with Gasteiger partial charge in [-0.15, -0.1) is 0 Å². The summed E-state index contributed by atoms with van der Waals surface area (Å²) in [6.45, 7) is 7.63. The molecule has 7 nitrogen and oxygen atoms in total. The SMILES string of the molecule is CC(C)C[C@H](N)C(=O)NC1C(=O)N(C)N(C(C)C)C(=O)c2ccccc21. The number of hydrogen-bond donors (Lipinski definition) is 2. The molecule has 0 aromatic heterocycles. The van der Waals surface area contributed by atoms with E-state index >= 15 is 0 Å². The first-order valence-corrected chi connectivity index (χ1v) is 8.91. The van der Waals surface area contributed by atoms with Gasteiger partial charge in [-0.1, -0.05) is 32.0 Å². The largest absolute Gasteiger partial charge is 0.339 e. The number of hydrogen-bond acceptors (Lipinski definition) is 4. The molecule has 0 saturated carbocycles. The Balaban J connectivity index is 2.42. The van der Waals surface area contributed by atoms with E-state index in [1.807, 2.05) is 27.7 Å². The van der Waals surface area contributed by atoms with Crippen molar-refractivity contribution < 1.29 is 14.4 Å². The Hall–Kier alpha value is -2.41. The second-order valence-corrected chi connectivity index (χ2v) is 7.37. The first-order valence-electron chi connectivity index (χ1n) is 8.91. The molecule has 0 spiro atoms. The summed E-state index contributed by atoms with van der Waals surface area (Å²) in [4.78, 5) is 38.5. The molecule has 1 aromatic rings. The normalized spacial score (nSPS) is 18.8. The number of rotatable bonds is 5. The van der Waals surface area contributed by atoms with E-state index in [1.54, 1.807) is 31.3 Å². The molecule has 0 fully saturated rings. The van der Waals surface area contributed by atoms with Crippen LogP contribution in [-0.4, -0.2) is 46.9 Å². The summed E-state index contributed by atoms with van der Waals surface area (Å²) in [5.41, 5.74) is 6.86. The van der Waals surface area contributed by atoms with Gasteiger partial charge in [0.1, 0.15) is 6.04 Å². The molecule has 0 saturated heterocycles. The van der Waals surface area contributed by atoms with E-state index in [1.165, 1.54) is 10.0 Å². The highest BCUT2D eigenvalue weighted by Gasteiger charge is 2.39. The van der Waals surface area contributed by atoms with Crippen LogP contribution in [0.1, 0.15) is 56.1 Å². The topological polar surface area (TPSA) is 95.7 Å². The molecule has 2 atom stereocenters. The van der Waals surface area contributed by atoms with E-state index in [4.69, 9.17) is 5.73 Å². The Kier molecular flexibility index (Phi) is 6.02. The lowest BCUT2D eigenvalue weighted by Gasteiger charge is -2.34. The van der Waals surface area contributed by atoms with E-state index in [-0.39, 0.29) is 23.8 Å². The van der Waals surface area contributed by atoms with Crippen LogP contribution >= 0.6 is 0 Å². The average Bonchev–Trinajstić information content (AvgIpc) is 2.64. The molecule has 3 N–H and O–H groups in total. The molecular formula is C19H28N4O3. The zero-order valence-electron chi connectivity index (χ0n) is 16.0. The number of nitrogens with two attached hydrogens (primary N) is 1. The molecule has 0 radical (unpaired) electrons. The number of likely N-dealkylation sites (N-methyl/N-ethyl adjacent to an activating group) is 1. The van der Waals surface area contributed by atoms with Crippen LogP contribution in [0.5, 0.6) is 0 Å². The summed E-state index contributed by atoms with van der Waals surface area (Å²) in [7, 11) is 1.54. The second-order valence-electron chi connectivity index (χ2n) is 7.37. The Morgan fingerprint density at radius 3 is 2.38 bits per heavy atom. The fourth-order valence-corrected chi connectivity index (χ4v) is 3.21. The summed E-state index contributed by atoms with van der Waals surface area (Å²) in [5.74, 6) is -0.781. The van der Waals surface area contributed by atoms with E-state index in [9.17, 15) is 14.4 Å². The lowest BCUT2D eigenvalue weighted by atomic mass is 9.98. The Bertz CT molecular complexity index is 702. The molecule has 1 aromatic carbocycles. The highest BCUT2D eigenvalue weighted by atomic mass is 16.2. The third-order valence-corrected chi connectivity index (χ3v) is 4.44. The van der Waals surface area contributed by atoms with Gasteiger partial charge in [0.2, 0.25) is 5.91 Å². The molecule has 1 aliphatic rings. The van der Waals surface area contributed by atoms with Gasteiger partial charge in [0.05, 0.1) is 6.04 Å². The smallest absolute Gasteiger partial charge is 0.273 e. The van der Waals surface area contributed by atoms with Gasteiger partial charge < -0.3 is 11.1 Å². The van der Waals surface area contributed by atoms with Gasteiger partial charge in [0, 0.05) is 18.7 Å². The fourth-order valence-electron chi connectivity index (χ4n) is 3.21. The van der Waals surface area contributed by atoms with Crippen LogP contribution in [0.4, 0.5) is 0 Å². The Morgan fingerprint density at radius 1 is 1.19 bits per heavy atom. The molecule has 26 heavy (non-hydrogen) atoms. The first kappa shape index (κ1) is 19.9. The molecule has 1 unspecified atom stereocenters. The van der Waals surface area contributed by atoms with Crippen LogP contribution in [0.2, 0.25) is 0 Å². The summed E-state index contributed by atoms with van der Waals surface area (Å²) in [6.07, 6.45) is 0.515. The minimum Gasteiger partial charge on any atom is -0.339 e. The van der Waals surface area contributed by atoms with Gasteiger partial charge in [-0.2, -0.15) is 0 Å². The minimum absolute atomic E-state index is 0.206. The number of nitrogens with one attached hydrogen (secondary N) is 1. The van der Waals surface area contributed by atoms with Gasteiger partial charge in [0.25, 0.3) is 11.8 Å². The van der Waals surface area contributed by atoms with Crippen molar-refractivity contribution in [1.82, 2.24) is 15.3 Å². The number of carbonyl (C=O) groups excluding carboxylic acids is 3. The Labute approximate surface area is 154 Å². The van der Waals surface area contributed by atoms with Gasteiger partial charge >= 0.3 is 0 Å². The van der Waals surface area contributed by atoms with Gasteiger partial charge in [-0.25, -0.2) is 5.01 Å². The summed E-state index contributed by atoms with van der Waals surface area (Å²) >= 11 is 0. The fraction of sp³-hybridized carbons (Fsp3) is 0.526. The second kappa shape index (κ2) is 7.86. The van der Waals surface area contributed by atoms with Crippen molar-refractivity contribution in [1.29, 1.82) is 0 Å². The van der Waals surface area contributed by atoms with Crippen molar-refractivity contribution in [2.24, 2.45) is 11.7 Å². The molecule has 0 bridgehead atoms. The van der Waals surface area contributed by atoms with Crippen LogP contribution in [0, 0.1) is 5.92 Å². The highest BCUT2D eigenvalue weighted by Crippen LogP contribution is 2.27. The number of fused-ring (bicyclic) bond motifs is 1. The number of carbonyl (C=O) groups is 3. The Morgan fingerprint density at radius 2 is 1.81 bits per heavy atom. The molecule has 7 heteroatoms. The van der Waals surface area contributed by atoms with E-state index in [0.29, 0.717) is 17.5 Å². The van der Waals surface area contributed by atoms with E-state index < -0.39 is 18.0 Å². The quantitative estimate of drug-likeness (QED) is 0.831. The van der Waals surface area contributed by atoms with Crippen molar-refractivity contribution in [2.75, 3.05) is 7.05 Å². The summed E-state index contributed by atoms with van der Waals surface area (Å²) in [6, 6.07) is 5.00. The third-order valence-electron chi connectivity index (χ3n) is 4.44. The van der Waals surface area contributed by atoms with Crippen molar-refractivity contribution in [3.8, 4) is 0 Å². The van der Waals surface area contributed by atoms with Crippen molar-refractivity contribution >= 4 is 17.7 Å². The van der Waals surface area contributed by atoms with Crippen molar-refractivity contribution in [2.45, 2.75) is 52.2 Å². The van der Waals surface area contributed by atoms with Gasteiger partial charge in [0.15, 0.2) is 0 Å². The average molecular weight is 360 g/mol. The van der Waals surface area contributed by atoms with Gasteiger partial charge in [-0.3, -0.25) is 19.4 Å². The molecule has 1 heterocycles. The zero-order valence-corrected chi connectivity index (χ0v) is 16.0.